The third kappa shape index (κ3) is 3.09. The number of aryl methyl sites for hydroxylation is 2. The van der Waals surface area contributed by atoms with E-state index in [0.717, 1.165) is 28.5 Å². The van der Waals surface area contributed by atoms with Gasteiger partial charge in [-0.05, 0) is 66.3 Å². The Bertz CT molecular complexity index is 1250. The summed E-state index contributed by atoms with van der Waals surface area (Å²) in [7, 11) is 0. The Kier molecular flexibility index (Phi) is 4.80. The van der Waals surface area contributed by atoms with Crippen molar-refractivity contribution in [2.24, 2.45) is 0 Å². The van der Waals surface area contributed by atoms with Crippen LogP contribution in [-0.2, 0) is 12.8 Å². The molecule has 8 heteroatoms. The van der Waals surface area contributed by atoms with E-state index in [2.05, 4.69) is 5.10 Å². The van der Waals surface area contributed by atoms with Crippen molar-refractivity contribution in [1.82, 2.24) is 14.7 Å². The summed E-state index contributed by atoms with van der Waals surface area (Å²) in [6.45, 7) is 2.46. The standard InChI is InChI=1S/C24H21F2N3O3/c1-2-28-12-19(29-22(24(28)32)23(31)20(30)11-27-29)21-17-7-5-15(25)9-13(17)3-4-14-10-16(26)6-8-18(14)21/h5-11,19,21,31H,2-4,12H2,1H3. The fourth-order valence-corrected chi connectivity index (χ4v) is 5.00. The largest absolute Gasteiger partial charge is 0.502 e. The Labute approximate surface area is 182 Å². The number of likely N-dealkylation sites (N-methyl/N-ethyl adjacent to an activating group) is 1. The summed E-state index contributed by atoms with van der Waals surface area (Å²) >= 11 is 0. The van der Waals surface area contributed by atoms with Crippen molar-refractivity contribution >= 4 is 5.91 Å². The van der Waals surface area contributed by atoms with Crippen LogP contribution in [0.3, 0.4) is 0 Å². The Morgan fingerprint density at radius 1 is 1.03 bits per heavy atom. The molecule has 1 aliphatic carbocycles. The van der Waals surface area contributed by atoms with Crippen molar-refractivity contribution < 1.29 is 18.7 Å². The van der Waals surface area contributed by atoms with E-state index in [-0.39, 0.29) is 29.8 Å². The van der Waals surface area contributed by atoms with Gasteiger partial charge in [0.2, 0.25) is 5.43 Å². The summed E-state index contributed by atoms with van der Waals surface area (Å²) in [6, 6.07) is 8.73. The van der Waals surface area contributed by atoms with Crippen molar-refractivity contribution in [3.05, 3.63) is 92.4 Å². The maximum Gasteiger partial charge on any atom is 0.276 e. The second-order valence-corrected chi connectivity index (χ2v) is 8.23. The highest BCUT2D eigenvalue weighted by Gasteiger charge is 2.41. The monoisotopic (exact) mass is 437 g/mol. The second-order valence-electron chi connectivity index (χ2n) is 8.23. The van der Waals surface area contributed by atoms with Crippen molar-refractivity contribution in [1.29, 1.82) is 0 Å². The van der Waals surface area contributed by atoms with Crippen molar-refractivity contribution in [2.75, 3.05) is 13.1 Å². The van der Waals surface area contributed by atoms with Crippen LogP contribution in [0.1, 0.15) is 51.6 Å². The van der Waals surface area contributed by atoms with Crippen LogP contribution < -0.4 is 5.43 Å². The van der Waals surface area contributed by atoms with Gasteiger partial charge in [0, 0.05) is 19.0 Å². The molecule has 0 spiro atoms. The van der Waals surface area contributed by atoms with Gasteiger partial charge in [-0.3, -0.25) is 14.3 Å². The lowest BCUT2D eigenvalue weighted by molar-refractivity contribution is 0.0646. The number of halogens is 2. The first-order chi connectivity index (χ1) is 15.4. The molecule has 6 nitrogen and oxygen atoms in total. The van der Waals surface area contributed by atoms with E-state index in [1.807, 2.05) is 6.92 Å². The van der Waals surface area contributed by atoms with Crippen LogP contribution >= 0.6 is 0 Å². The number of fused-ring (bicyclic) bond motifs is 3. The molecule has 1 atom stereocenters. The number of carbonyl (C=O) groups is 1. The van der Waals surface area contributed by atoms with Crippen LogP contribution in [0, 0.1) is 11.6 Å². The zero-order chi connectivity index (χ0) is 22.6. The number of carbonyl (C=O) groups excluding carboxylic acids is 1. The molecule has 0 bridgehead atoms. The SMILES string of the molecule is CCN1CC(C2c3ccc(F)cc3CCc3cc(F)ccc32)n2ncc(=O)c(O)c2C1=O. The number of rotatable bonds is 2. The van der Waals surface area contributed by atoms with E-state index in [0.29, 0.717) is 19.4 Å². The molecule has 1 N–H and O–H groups in total. The minimum atomic E-state index is -0.730. The first kappa shape index (κ1) is 20.4. The first-order valence-electron chi connectivity index (χ1n) is 10.6. The molecule has 2 aliphatic rings. The number of nitrogens with zero attached hydrogens (tertiary/aromatic N) is 3. The van der Waals surface area contributed by atoms with E-state index < -0.39 is 23.1 Å². The predicted molar refractivity (Wildman–Crippen MR) is 113 cm³/mol. The molecule has 0 saturated heterocycles. The molecular weight excluding hydrogens is 416 g/mol. The molecule has 5 rings (SSSR count). The molecule has 1 aliphatic heterocycles. The quantitative estimate of drug-likeness (QED) is 0.668. The number of hydrogen-bond acceptors (Lipinski definition) is 4. The van der Waals surface area contributed by atoms with Gasteiger partial charge in [0.05, 0.1) is 12.2 Å². The molecule has 0 saturated carbocycles. The van der Waals surface area contributed by atoms with Gasteiger partial charge in [0.15, 0.2) is 11.4 Å². The van der Waals surface area contributed by atoms with Crippen molar-refractivity contribution in [3.63, 3.8) is 0 Å². The number of hydrogen-bond donors (Lipinski definition) is 1. The Balaban J connectivity index is 1.79. The molecule has 1 unspecified atom stereocenters. The molecule has 2 aromatic carbocycles. The third-order valence-corrected chi connectivity index (χ3v) is 6.51. The molecule has 1 aromatic heterocycles. The minimum Gasteiger partial charge on any atom is -0.502 e. The van der Waals surface area contributed by atoms with Crippen molar-refractivity contribution in [2.45, 2.75) is 31.7 Å². The summed E-state index contributed by atoms with van der Waals surface area (Å²) in [6.07, 6.45) is 2.08. The molecular formula is C24H21F2N3O3. The summed E-state index contributed by atoms with van der Waals surface area (Å²) in [5, 5.41) is 14.7. The van der Waals surface area contributed by atoms with Crippen LogP contribution in [0.5, 0.6) is 5.75 Å². The summed E-state index contributed by atoms with van der Waals surface area (Å²) < 4.78 is 29.6. The molecule has 3 aromatic rings. The highest BCUT2D eigenvalue weighted by Crippen LogP contribution is 2.44. The van der Waals surface area contributed by atoms with Gasteiger partial charge in [0.25, 0.3) is 5.91 Å². The molecule has 164 valence electrons. The highest BCUT2D eigenvalue weighted by atomic mass is 19.1. The average molecular weight is 437 g/mol. The van der Waals surface area contributed by atoms with Gasteiger partial charge in [0.1, 0.15) is 11.6 Å². The molecule has 1 amide bonds. The predicted octanol–water partition coefficient (Wildman–Crippen LogP) is 3.17. The lowest BCUT2D eigenvalue weighted by Gasteiger charge is -2.39. The van der Waals surface area contributed by atoms with Crippen LogP contribution in [0.15, 0.2) is 47.4 Å². The van der Waals surface area contributed by atoms with E-state index in [9.17, 15) is 23.5 Å². The fourth-order valence-electron chi connectivity index (χ4n) is 5.00. The van der Waals surface area contributed by atoms with E-state index >= 15 is 0 Å². The molecule has 0 radical (unpaired) electrons. The molecule has 32 heavy (non-hydrogen) atoms. The normalized spacial score (nSPS) is 18.0. The zero-order valence-corrected chi connectivity index (χ0v) is 17.4. The van der Waals surface area contributed by atoms with Crippen LogP contribution in [0.2, 0.25) is 0 Å². The number of aromatic nitrogens is 2. The van der Waals surface area contributed by atoms with Crippen LogP contribution in [0.25, 0.3) is 0 Å². The Morgan fingerprint density at radius 2 is 1.62 bits per heavy atom. The average Bonchev–Trinajstić information content (AvgIpc) is 2.92. The second kappa shape index (κ2) is 7.55. The summed E-state index contributed by atoms with van der Waals surface area (Å²) in [5.41, 5.74) is 2.44. The lowest BCUT2D eigenvalue weighted by atomic mass is 9.81. The molecule has 0 fully saturated rings. The summed E-state index contributed by atoms with van der Waals surface area (Å²) in [4.78, 5) is 26.6. The fraction of sp³-hybridized carbons (Fsp3) is 0.292. The Hall–Kier alpha value is -3.55. The maximum absolute atomic E-state index is 14.1. The maximum atomic E-state index is 14.1. The van der Waals surface area contributed by atoms with Crippen molar-refractivity contribution in [3.8, 4) is 5.75 Å². The van der Waals surface area contributed by atoms with E-state index in [1.165, 1.54) is 28.9 Å². The topological polar surface area (TPSA) is 75.4 Å². The first-order valence-corrected chi connectivity index (χ1v) is 10.6. The minimum absolute atomic E-state index is 0.160. The summed E-state index contributed by atoms with van der Waals surface area (Å²) in [5.74, 6) is -2.21. The van der Waals surface area contributed by atoms with Gasteiger partial charge < -0.3 is 10.0 Å². The van der Waals surface area contributed by atoms with E-state index in [1.54, 1.807) is 17.0 Å². The number of amides is 1. The number of aromatic hydroxyl groups is 1. The van der Waals surface area contributed by atoms with Gasteiger partial charge >= 0.3 is 0 Å². The molecule has 2 heterocycles. The van der Waals surface area contributed by atoms with Gasteiger partial charge in [-0.25, -0.2) is 8.78 Å². The smallest absolute Gasteiger partial charge is 0.276 e. The lowest BCUT2D eigenvalue weighted by Crippen LogP contribution is -2.47. The van der Waals surface area contributed by atoms with E-state index in [4.69, 9.17) is 0 Å². The van der Waals surface area contributed by atoms with Crippen LogP contribution in [-0.4, -0.2) is 38.8 Å². The number of benzene rings is 2. The van der Waals surface area contributed by atoms with Crippen LogP contribution in [0.4, 0.5) is 8.78 Å². The Morgan fingerprint density at radius 3 is 2.19 bits per heavy atom. The zero-order valence-electron chi connectivity index (χ0n) is 17.4. The van der Waals surface area contributed by atoms with Gasteiger partial charge in [-0.15, -0.1) is 0 Å². The van der Waals surface area contributed by atoms with Gasteiger partial charge in [-0.1, -0.05) is 12.1 Å². The third-order valence-electron chi connectivity index (χ3n) is 6.51. The van der Waals surface area contributed by atoms with Gasteiger partial charge in [-0.2, -0.15) is 5.10 Å². The highest BCUT2D eigenvalue weighted by molar-refractivity contribution is 5.95.